The van der Waals surface area contributed by atoms with Crippen molar-refractivity contribution in [2.45, 2.75) is 31.3 Å². The minimum atomic E-state index is -1.06. The predicted octanol–water partition coefficient (Wildman–Crippen LogP) is -0.862. The van der Waals surface area contributed by atoms with Gasteiger partial charge in [0.25, 0.3) is 0 Å². The summed E-state index contributed by atoms with van der Waals surface area (Å²) in [6.45, 7) is 3.97. The number of carbonyl (C=O) groups excluding carboxylic acids is 2. The standard InChI is InChI=1S/C23H35F2N9O2/c1-31-4-2-14(3-5-31)23(36)33-8-6-32(7-9-33)19-16(25)11-27-12-17(19)29-22(35)18-20(26)30-34-13-15(24)10-28-21(18)34/h11-12,14-15,18,20-21,28,30H,2-10,13,26H2,1H3,(H,29,35). The number of nitrogens with two attached hydrogens (primary N) is 1. The van der Waals surface area contributed by atoms with Crippen molar-refractivity contribution >= 4 is 23.2 Å². The van der Waals surface area contributed by atoms with Crippen LogP contribution in [0.5, 0.6) is 0 Å². The molecule has 4 aliphatic heterocycles. The average molecular weight is 508 g/mol. The van der Waals surface area contributed by atoms with Gasteiger partial charge in [0.2, 0.25) is 11.8 Å². The molecule has 5 rings (SSSR count). The third kappa shape index (κ3) is 5.02. The van der Waals surface area contributed by atoms with Crippen molar-refractivity contribution in [1.82, 2.24) is 30.5 Å². The van der Waals surface area contributed by atoms with E-state index in [-0.39, 0.29) is 36.3 Å². The number of aromatic nitrogens is 1. The van der Waals surface area contributed by atoms with Gasteiger partial charge in [-0.15, -0.1) is 0 Å². The highest BCUT2D eigenvalue weighted by Crippen LogP contribution is 2.31. The van der Waals surface area contributed by atoms with E-state index in [0.717, 1.165) is 32.1 Å². The van der Waals surface area contributed by atoms with Crippen molar-refractivity contribution in [3.63, 3.8) is 0 Å². The summed E-state index contributed by atoms with van der Waals surface area (Å²) >= 11 is 0. The average Bonchev–Trinajstić information content (AvgIpc) is 3.19. The van der Waals surface area contributed by atoms with Gasteiger partial charge in [0.15, 0.2) is 5.82 Å². The molecular weight excluding hydrogens is 472 g/mol. The molecule has 0 spiro atoms. The Kier molecular flexibility index (Phi) is 7.35. The van der Waals surface area contributed by atoms with E-state index >= 15 is 0 Å². The summed E-state index contributed by atoms with van der Waals surface area (Å²) in [6.07, 6.45) is 2.02. The third-order valence-electron chi connectivity index (χ3n) is 7.73. The molecule has 0 bridgehead atoms. The lowest BCUT2D eigenvalue weighted by atomic mass is 9.95. The van der Waals surface area contributed by atoms with Crippen LogP contribution < -0.4 is 26.7 Å². The molecular formula is C23H35F2N9O2. The van der Waals surface area contributed by atoms with E-state index in [1.165, 1.54) is 6.20 Å². The van der Waals surface area contributed by atoms with Crippen molar-refractivity contribution in [1.29, 1.82) is 0 Å². The fraction of sp³-hybridized carbons (Fsp3) is 0.696. The molecule has 4 unspecified atom stereocenters. The van der Waals surface area contributed by atoms with Gasteiger partial charge >= 0.3 is 0 Å². The maximum absolute atomic E-state index is 15.0. The molecule has 0 radical (unpaired) electrons. The lowest BCUT2D eigenvalue weighted by Gasteiger charge is -2.39. The number of pyridine rings is 1. The number of amides is 2. The summed E-state index contributed by atoms with van der Waals surface area (Å²) in [6, 6.07) is 0. The van der Waals surface area contributed by atoms with Crippen LogP contribution in [0.3, 0.4) is 0 Å². The number of alkyl halides is 1. The molecule has 198 valence electrons. The minimum absolute atomic E-state index is 0.0464. The van der Waals surface area contributed by atoms with Gasteiger partial charge in [-0.25, -0.2) is 19.2 Å². The molecule has 4 atom stereocenters. The van der Waals surface area contributed by atoms with Crippen molar-refractivity contribution in [2.24, 2.45) is 17.6 Å². The fourth-order valence-corrected chi connectivity index (χ4v) is 5.70. The Morgan fingerprint density at radius 3 is 2.58 bits per heavy atom. The second kappa shape index (κ2) is 10.5. The lowest BCUT2D eigenvalue weighted by molar-refractivity contribution is -0.137. The number of halogens is 2. The molecule has 4 fully saturated rings. The first kappa shape index (κ1) is 25.2. The van der Waals surface area contributed by atoms with Crippen LogP contribution in [0.15, 0.2) is 12.4 Å². The zero-order valence-electron chi connectivity index (χ0n) is 20.5. The number of hydrogen-bond acceptors (Lipinski definition) is 9. The number of piperidine rings is 1. The van der Waals surface area contributed by atoms with E-state index < -0.39 is 36.1 Å². The fourth-order valence-electron chi connectivity index (χ4n) is 5.70. The Bertz CT molecular complexity index is 969. The summed E-state index contributed by atoms with van der Waals surface area (Å²) in [7, 11) is 2.07. The molecule has 13 heteroatoms. The van der Waals surface area contributed by atoms with E-state index in [2.05, 4.69) is 33.0 Å². The molecule has 0 aromatic carbocycles. The maximum Gasteiger partial charge on any atom is 0.233 e. The normalized spacial score (nSPS) is 30.3. The number of rotatable bonds is 4. The van der Waals surface area contributed by atoms with Gasteiger partial charge in [-0.3, -0.25) is 19.9 Å². The lowest BCUT2D eigenvalue weighted by Crippen LogP contribution is -2.58. The Hall–Kier alpha value is -2.45. The molecule has 1 aromatic heterocycles. The van der Waals surface area contributed by atoms with Crippen molar-refractivity contribution in [3.05, 3.63) is 18.2 Å². The van der Waals surface area contributed by atoms with Gasteiger partial charge in [0.1, 0.15) is 11.9 Å². The summed E-state index contributed by atoms with van der Waals surface area (Å²) in [5.41, 5.74) is 9.59. The van der Waals surface area contributed by atoms with Crippen LogP contribution in [-0.4, -0.2) is 110 Å². The van der Waals surface area contributed by atoms with Gasteiger partial charge < -0.3 is 25.8 Å². The zero-order valence-corrected chi connectivity index (χ0v) is 20.5. The predicted molar refractivity (Wildman–Crippen MR) is 130 cm³/mol. The number of anilines is 2. The molecule has 0 saturated carbocycles. The summed E-state index contributed by atoms with van der Waals surface area (Å²) in [4.78, 5) is 36.1. The number of hydrogen-bond donors (Lipinski definition) is 4. The highest BCUT2D eigenvalue weighted by Gasteiger charge is 2.47. The van der Waals surface area contributed by atoms with Gasteiger partial charge in [-0.2, -0.15) is 0 Å². The van der Waals surface area contributed by atoms with Crippen molar-refractivity contribution < 1.29 is 18.4 Å². The second-order valence-corrected chi connectivity index (χ2v) is 10.2. The molecule has 4 saturated heterocycles. The molecule has 5 N–H and O–H groups in total. The molecule has 5 heterocycles. The Labute approximate surface area is 209 Å². The van der Waals surface area contributed by atoms with Crippen LogP contribution >= 0.6 is 0 Å². The third-order valence-corrected chi connectivity index (χ3v) is 7.73. The van der Waals surface area contributed by atoms with Crippen LogP contribution in [0.2, 0.25) is 0 Å². The minimum Gasteiger partial charge on any atom is -0.364 e. The highest BCUT2D eigenvalue weighted by atomic mass is 19.1. The van der Waals surface area contributed by atoms with Crippen LogP contribution in [0.1, 0.15) is 12.8 Å². The quantitative estimate of drug-likeness (QED) is 0.412. The van der Waals surface area contributed by atoms with Crippen LogP contribution in [0, 0.1) is 17.7 Å². The van der Waals surface area contributed by atoms with Crippen LogP contribution in [0.25, 0.3) is 0 Å². The summed E-state index contributed by atoms with van der Waals surface area (Å²) in [5, 5.41) is 7.43. The van der Waals surface area contributed by atoms with E-state index in [1.54, 1.807) is 5.01 Å². The largest absolute Gasteiger partial charge is 0.364 e. The maximum atomic E-state index is 15.0. The molecule has 0 aliphatic carbocycles. The SMILES string of the molecule is CN1CCC(C(=O)N2CCN(c3c(F)cncc3NC(=O)C3C(N)NN4CC(F)CNC34)CC2)CC1. The van der Waals surface area contributed by atoms with E-state index in [1.807, 2.05) is 9.80 Å². The molecule has 36 heavy (non-hydrogen) atoms. The monoisotopic (exact) mass is 507 g/mol. The number of hydrazine groups is 1. The Morgan fingerprint density at radius 2 is 1.86 bits per heavy atom. The number of likely N-dealkylation sites (tertiary alicyclic amines) is 1. The van der Waals surface area contributed by atoms with E-state index in [4.69, 9.17) is 5.73 Å². The number of fused-ring (bicyclic) bond motifs is 1. The van der Waals surface area contributed by atoms with Gasteiger partial charge in [-0.05, 0) is 33.0 Å². The molecule has 4 aliphatic rings. The zero-order chi connectivity index (χ0) is 25.4. The number of nitrogens with zero attached hydrogens (tertiary/aromatic N) is 5. The van der Waals surface area contributed by atoms with Crippen LogP contribution in [-0.2, 0) is 9.59 Å². The number of piperazine rings is 1. The van der Waals surface area contributed by atoms with Crippen molar-refractivity contribution in [3.8, 4) is 0 Å². The molecule has 1 aromatic rings. The van der Waals surface area contributed by atoms with E-state index in [0.29, 0.717) is 26.2 Å². The van der Waals surface area contributed by atoms with Crippen LogP contribution in [0.4, 0.5) is 20.2 Å². The van der Waals surface area contributed by atoms with E-state index in [9.17, 15) is 18.4 Å². The van der Waals surface area contributed by atoms with Gasteiger partial charge in [0.05, 0.1) is 36.3 Å². The molecule has 2 amide bonds. The van der Waals surface area contributed by atoms with Crippen molar-refractivity contribution in [2.75, 3.05) is 69.6 Å². The van der Waals surface area contributed by atoms with Gasteiger partial charge in [0, 0.05) is 45.2 Å². The summed E-state index contributed by atoms with van der Waals surface area (Å²) < 4.78 is 28.8. The summed E-state index contributed by atoms with van der Waals surface area (Å²) in [5.74, 6) is -1.44. The number of carbonyl (C=O) groups is 2. The first-order chi connectivity index (χ1) is 17.3. The Morgan fingerprint density at radius 1 is 1.14 bits per heavy atom. The van der Waals surface area contributed by atoms with Gasteiger partial charge in [-0.1, -0.05) is 0 Å². The highest BCUT2D eigenvalue weighted by molar-refractivity contribution is 5.96. The smallest absolute Gasteiger partial charge is 0.233 e. The first-order valence-corrected chi connectivity index (χ1v) is 12.6. The number of nitrogens with one attached hydrogen (secondary N) is 3. The topological polar surface area (TPSA) is 122 Å². The first-order valence-electron chi connectivity index (χ1n) is 12.6. The Balaban J connectivity index is 1.24. The molecule has 11 nitrogen and oxygen atoms in total. The second-order valence-electron chi connectivity index (χ2n) is 10.2.